The van der Waals surface area contributed by atoms with Crippen molar-refractivity contribution in [1.29, 1.82) is 0 Å². The lowest BCUT2D eigenvalue weighted by molar-refractivity contribution is 0.0953. The van der Waals surface area contributed by atoms with Gasteiger partial charge in [0.25, 0.3) is 5.91 Å². The Balaban J connectivity index is 1.27. The molecule has 4 rings (SSSR count). The minimum atomic E-state index is -0.0525. The zero-order chi connectivity index (χ0) is 25.3. The molecule has 0 saturated carbocycles. The number of aryl methyl sites for hydroxylation is 3. The first-order chi connectivity index (χ1) is 17.5. The summed E-state index contributed by atoms with van der Waals surface area (Å²) >= 11 is 0. The molecule has 0 aliphatic heterocycles. The van der Waals surface area contributed by atoms with Crippen LogP contribution < -0.4 is 14.8 Å². The fraction of sp³-hybridized carbons (Fsp3) is 0.333. The molecular weight excluding hydrogens is 450 g/mol. The second-order valence-corrected chi connectivity index (χ2v) is 9.08. The van der Waals surface area contributed by atoms with Crippen LogP contribution in [-0.2, 0) is 13.0 Å². The monoisotopic (exact) mass is 485 g/mol. The fourth-order valence-electron chi connectivity index (χ4n) is 4.31. The Bertz CT molecular complexity index is 1290. The Morgan fingerprint density at radius 1 is 0.972 bits per heavy atom. The zero-order valence-electron chi connectivity index (χ0n) is 21.4. The van der Waals surface area contributed by atoms with Crippen molar-refractivity contribution in [2.75, 3.05) is 20.3 Å². The highest BCUT2D eigenvalue weighted by atomic mass is 16.5. The fourth-order valence-corrected chi connectivity index (χ4v) is 4.31. The molecule has 0 atom stereocenters. The van der Waals surface area contributed by atoms with E-state index in [1.54, 1.807) is 31.4 Å². The summed E-state index contributed by atoms with van der Waals surface area (Å²) in [6, 6.07) is 21.7. The molecule has 0 fully saturated rings. The molecule has 0 radical (unpaired) electrons. The first kappa shape index (κ1) is 25.3. The highest BCUT2D eigenvalue weighted by Crippen LogP contribution is 2.21. The van der Waals surface area contributed by atoms with Crippen LogP contribution in [0.2, 0.25) is 0 Å². The maximum absolute atomic E-state index is 12.3. The van der Waals surface area contributed by atoms with Crippen LogP contribution in [-0.4, -0.2) is 35.7 Å². The number of benzene rings is 3. The average molecular weight is 486 g/mol. The molecule has 0 aliphatic carbocycles. The number of para-hydroxylation sites is 2. The molecule has 0 aliphatic rings. The number of imidazole rings is 1. The number of carbonyl (C=O) groups is 1. The number of ether oxygens (including phenoxy) is 2. The summed E-state index contributed by atoms with van der Waals surface area (Å²) in [5.74, 6) is 2.72. The lowest BCUT2D eigenvalue weighted by Crippen LogP contribution is -2.24. The van der Waals surface area contributed by atoms with Crippen molar-refractivity contribution >= 4 is 16.9 Å². The predicted octanol–water partition coefficient (Wildman–Crippen LogP) is 5.88. The third-order valence-electron chi connectivity index (χ3n) is 6.36. The second-order valence-electron chi connectivity index (χ2n) is 9.08. The minimum Gasteiger partial charge on any atom is -0.497 e. The first-order valence-corrected chi connectivity index (χ1v) is 12.6. The molecule has 6 nitrogen and oxygen atoms in total. The van der Waals surface area contributed by atoms with E-state index in [4.69, 9.17) is 14.5 Å². The van der Waals surface area contributed by atoms with Crippen molar-refractivity contribution in [1.82, 2.24) is 14.9 Å². The smallest absolute Gasteiger partial charge is 0.251 e. The maximum atomic E-state index is 12.3. The van der Waals surface area contributed by atoms with E-state index < -0.39 is 0 Å². The van der Waals surface area contributed by atoms with Gasteiger partial charge < -0.3 is 19.4 Å². The SMILES string of the molecule is COc1ccc(C(=O)NCCCCCc2nc3ccccc3n2CCOc2cc(C)ccc2C)cc1. The van der Waals surface area contributed by atoms with Gasteiger partial charge in [-0.3, -0.25) is 4.79 Å². The number of nitrogens with zero attached hydrogens (tertiary/aromatic N) is 2. The summed E-state index contributed by atoms with van der Waals surface area (Å²) in [7, 11) is 1.62. The summed E-state index contributed by atoms with van der Waals surface area (Å²) in [6.45, 7) is 6.16. The molecule has 0 saturated heterocycles. The quantitative estimate of drug-likeness (QED) is 0.254. The standard InChI is InChI=1S/C30H35N3O3/c1-22-12-13-23(2)28(21-22)36-20-19-33-27-10-7-6-9-26(27)32-29(33)11-5-4-8-18-31-30(34)24-14-16-25(35-3)17-15-24/h6-7,9-10,12-17,21H,4-5,8,11,18-20H2,1-3H3,(H,31,34). The van der Waals surface area contributed by atoms with E-state index in [1.165, 1.54) is 5.56 Å². The number of fused-ring (bicyclic) bond motifs is 1. The van der Waals surface area contributed by atoms with Crippen molar-refractivity contribution < 1.29 is 14.3 Å². The topological polar surface area (TPSA) is 65.4 Å². The molecule has 36 heavy (non-hydrogen) atoms. The summed E-state index contributed by atoms with van der Waals surface area (Å²) in [5.41, 5.74) is 5.15. The second kappa shape index (κ2) is 12.2. The van der Waals surface area contributed by atoms with Crippen LogP contribution in [0.15, 0.2) is 66.7 Å². The summed E-state index contributed by atoms with van der Waals surface area (Å²) in [5, 5.41) is 3.00. The lowest BCUT2D eigenvalue weighted by Gasteiger charge is -2.13. The van der Waals surface area contributed by atoms with Gasteiger partial charge in [0.1, 0.15) is 23.9 Å². The molecule has 1 N–H and O–H groups in total. The van der Waals surface area contributed by atoms with Crippen molar-refractivity contribution in [2.45, 2.75) is 46.1 Å². The summed E-state index contributed by atoms with van der Waals surface area (Å²) in [4.78, 5) is 17.2. The molecule has 1 aromatic heterocycles. The molecular formula is C30H35N3O3. The molecule has 6 heteroatoms. The molecule has 0 bridgehead atoms. The number of rotatable bonds is 12. The molecule has 188 valence electrons. The van der Waals surface area contributed by atoms with Crippen LogP contribution in [0.25, 0.3) is 11.0 Å². The number of hydrogen-bond donors (Lipinski definition) is 1. The number of aromatic nitrogens is 2. The van der Waals surface area contributed by atoms with Gasteiger partial charge in [-0.1, -0.05) is 30.7 Å². The normalized spacial score (nSPS) is 11.0. The van der Waals surface area contributed by atoms with Gasteiger partial charge in [0.15, 0.2) is 0 Å². The van der Waals surface area contributed by atoms with Crippen molar-refractivity contribution in [3.63, 3.8) is 0 Å². The Labute approximate surface area is 213 Å². The number of hydrogen-bond acceptors (Lipinski definition) is 4. The van der Waals surface area contributed by atoms with Gasteiger partial charge in [0, 0.05) is 18.5 Å². The predicted molar refractivity (Wildman–Crippen MR) is 144 cm³/mol. The number of nitrogens with one attached hydrogen (secondary N) is 1. The minimum absolute atomic E-state index is 0.0525. The molecule has 4 aromatic rings. The Kier molecular flexibility index (Phi) is 8.61. The van der Waals surface area contributed by atoms with Crippen LogP contribution >= 0.6 is 0 Å². The van der Waals surface area contributed by atoms with Crippen LogP contribution in [0.4, 0.5) is 0 Å². The Hall–Kier alpha value is -3.80. The highest BCUT2D eigenvalue weighted by molar-refractivity contribution is 5.94. The third kappa shape index (κ3) is 6.45. The third-order valence-corrected chi connectivity index (χ3v) is 6.36. The van der Waals surface area contributed by atoms with Gasteiger partial charge in [0.05, 0.1) is 24.7 Å². The van der Waals surface area contributed by atoms with Gasteiger partial charge in [-0.15, -0.1) is 0 Å². The van der Waals surface area contributed by atoms with E-state index >= 15 is 0 Å². The van der Waals surface area contributed by atoms with Crippen LogP contribution in [0, 0.1) is 13.8 Å². The first-order valence-electron chi connectivity index (χ1n) is 12.6. The van der Waals surface area contributed by atoms with E-state index in [-0.39, 0.29) is 5.91 Å². The van der Waals surface area contributed by atoms with Crippen molar-refractivity contribution in [2.24, 2.45) is 0 Å². The van der Waals surface area contributed by atoms with Crippen molar-refractivity contribution in [3.8, 4) is 11.5 Å². The number of unbranched alkanes of at least 4 members (excludes halogenated alkanes) is 2. The molecule has 1 amide bonds. The van der Waals surface area contributed by atoms with Gasteiger partial charge >= 0.3 is 0 Å². The van der Waals surface area contributed by atoms with E-state index in [9.17, 15) is 4.79 Å². The van der Waals surface area contributed by atoms with Crippen molar-refractivity contribution in [3.05, 3.63) is 89.2 Å². The number of methoxy groups -OCH3 is 1. The maximum Gasteiger partial charge on any atom is 0.251 e. The average Bonchev–Trinajstić information content (AvgIpc) is 3.25. The lowest BCUT2D eigenvalue weighted by atomic mass is 10.1. The zero-order valence-corrected chi connectivity index (χ0v) is 21.4. The van der Waals surface area contributed by atoms with E-state index in [0.717, 1.165) is 66.1 Å². The number of carbonyl (C=O) groups excluding carboxylic acids is 1. The molecule has 3 aromatic carbocycles. The van der Waals surface area contributed by atoms with Gasteiger partial charge in [-0.05, 0) is 80.3 Å². The molecule has 0 spiro atoms. The van der Waals surface area contributed by atoms with Crippen LogP contribution in [0.1, 0.15) is 46.6 Å². The Morgan fingerprint density at radius 3 is 2.58 bits per heavy atom. The van der Waals surface area contributed by atoms with E-state index in [0.29, 0.717) is 18.7 Å². The molecule has 1 heterocycles. The van der Waals surface area contributed by atoms with Gasteiger partial charge in [0.2, 0.25) is 0 Å². The number of amides is 1. The van der Waals surface area contributed by atoms with Gasteiger partial charge in [-0.2, -0.15) is 0 Å². The summed E-state index contributed by atoms with van der Waals surface area (Å²) < 4.78 is 13.6. The Morgan fingerprint density at radius 2 is 1.78 bits per heavy atom. The van der Waals surface area contributed by atoms with E-state index in [2.05, 4.69) is 60.1 Å². The largest absolute Gasteiger partial charge is 0.497 e. The van der Waals surface area contributed by atoms with Crippen LogP contribution in [0.3, 0.4) is 0 Å². The van der Waals surface area contributed by atoms with Crippen LogP contribution in [0.5, 0.6) is 11.5 Å². The summed E-state index contributed by atoms with van der Waals surface area (Å²) in [6.07, 6.45) is 3.85. The van der Waals surface area contributed by atoms with E-state index in [1.807, 2.05) is 6.07 Å². The highest BCUT2D eigenvalue weighted by Gasteiger charge is 2.11. The molecule has 0 unspecified atom stereocenters. The van der Waals surface area contributed by atoms with Gasteiger partial charge in [-0.25, -0.2) is 4.98 Å².